The van der Waals surface area contributed by atoms with Gasteiger partial charge in [-0.05, 0) is 65.9 Å². The molecule has 0 aliphatic carbocycles. The highest BCUT2D eigenvalue weighted by atomic mass is 35.5. The summed E-state index contributed by atoms with van der Waals surface area (Å²) >= 11 is 5.60. The Labute approximate surface area is 223 Å². The van der Waals surface area contributed by atoms with E-state index in [0.717, 1.165) is 18.7 Å². The fraction of sp³-hybridized carbons (Fsp3) is 0.438. The Hall–Kier alpha value is -2.29. The molecule has 35 heavy (non-hydrogen) atoms. The zero-order valence-corrected chi connectivity index (χ0v) is 24.9. The molecule has 0 N–H and O–H groups in total. The topological polar surface area (TPSA) is 12.5 Å². The second kappa shape index (κ2) is 29.7. The standard InChI is InChI=1S/C14H20ClNO.C7H8.C7H12.2C2H6/c1-16(2)11-12-17-14-8-6-13(7-9-14)5-3-4-10-15;1-7-5-3-2-4-6-7;1-4-5-6-7(2)3;2*1-2/h3,5-9H,4,10-12H2,1-2H3;2-6H,1H3;4-6H,1-3H3;2*1-2H3/b5-3+;;5-4-;;. The molecule has 0 fully saturated rings. The van der Waals surface area contributed by atoms with Crippen LogP contribution in [-0.2, 0) is 0 Å². The van der Waals surface area contributed by atoms with Crippen LogP contribution in [0.25, 0.3) is 6.08 Å². The summed E-state index contributed by atoms with van der Waals surface area (Å²) in [4.78, 5) is 2.10. The van der Waals surface area contributed by atoms with Gasteiger partial charge in [-0.25, -0.2) is 0 Å². The SMILES string of the molecule is C/C=C\C=C(C)C.CC.CC.CN(C)CCOc1ccc(/C=C/CCCl)cc1.Cc1ccccc1. The van der Waals surface area contributed by atoms with Crippen molar-refractivity contribution in [3.05, 3.63) is 95.6 Å². The molecule has 2 aromatic carbocycles. The van der Waals surface area contributed by atoms with Crippen LogP contribution < -0.4 is 4.74 Å². The molecule has 0 aromatic heterocycles. The second-order valence-corrected chi connectivity index (χ2v) is 7.90. The number of allylic oxidation sites excluding steroid dienone is 5. The van der Waals surface area contributed by atoms with Gasteiger partial charge in [0.25, 0.3) is 0 Å². The molecular formula is C32H52ClNO. The van der Waals surface area contributed by atoms with Crippen molar-refractivity contribution in [2.75, 3.05) is 33.1 Å². The van der Waals surface area contributed by atoms with E-state index in [1.54, 1.807) is 0 Å². The van der Waals surface area contributed by atoms with Crippen LogP contribution in [-0.4, -0.2) is 38.0 Å². The Morgan fingerprint density at radius 1 is 0.914 bits per heavy atom. The lowest BCUT2D eigenvalue weighted by molar-refractivity contribution is 0.261. The summed E-state index contributed by atoms with van der Waals surface area (Å²) in [5.74, 6) is 1.59. The number of likely N-dealkylation sites (N-methyl/N-ethyl adjacent to an activating group) is 1. The molecule has 0 bridgehead atoms. The average Bonchev–Trinajstić information content (AvgIpc) is 2.87. The van der Waals surface area contributed by atoms with E-state index in [9.17, 15) is 0 Å². The fourth-order valence-corrected chi connectivity index (χ4v) is 2.25. The molecule has 0 aliphatic heterocycles. The minimum absolute atomic E-state index is 0.669. The summed E-state index contributed by atoms with van der Waals surface area (Å²) in [6.45, 7) is 17.9. The summed E-state index contributed by atoms with van der Waals surface area (Å²) < 4.78 is 5.61. The predicted molar refractivity (Wildman–Crippen MR) is 163 cm³/mol. The van der Waals surface area contributed by atoms with Gasteiger partial charge in [-0.1, -0.05) is 112 Å². The minimum atomic E-state index is 0.669. The number of benzene rings is 2. The molecule has 2 rings (SSSR count). The molecule has 2 aromatic rings. The maximum absolute atomic E-state index is 5.61. The van der Waals surface area contributed by atoms with Crippen LogP contribution in [0.15, 0.2) is 84.5 Å². The molecule has 0 saturated heterocycles. The van der Waals surface area contributed by atoms with Gasteiger partial charge in [-0.2, -0.15) is 0 Å². The lowest BCUT2D eigenvalue weighted by atomic mass is 10.2. The minimum Gasteiger partial charge on any atom is -0.492 e. The zero-order chi connectivity index (χ0) is 27.3. The van der Waals surface area contributed by atoms with Gasteiger partial charge in [0.2, 0.25) is 0 Å². The lowest BCUT2D eigenvalue weighted by Crippen LogP contribution is -2.19. The van der Waals surface area contributed by atoms with Gasteiger partial charge >= 0.3 is 0 Å². The molecule has 0 radical (unpaired) electrons. The highest BCUT2D eigenvalue weighted by Gasteiger charge is 1.94. The van der Waals surface area contributed by atoms with Crippen molar-refractivity contribution in [1.29, 1.82) is 0 Å². The van der Waals surface area contributed by atoms with E-state index >= 15 is 0 Å². The Bertz CT molecular complexity index is 743. The van der Waals surface area contributed by atoms with Crippen molar-refractivity contribution in [2.24, 2.45) is 0 Å². The first-order chi connectivity index (χ1) is 16.9. The van der Waals surface area contributed by atoms with Crippen LogP contribution in [0.1, 0.15) is 66.0 Å². The number of hydrogen-bond acceptors (Lipinski definition) is 2. The van der Waals surface area contributed by atoms with E-state index < -0.39 is 0 Å². The number of halogens is 1. The normalized spacial score (nSPS) is 9.49. The summed E-state index contributed by atoms with van der Waals surface area (Å²) in [6.07, 6.45) is 11.2. The van der Waals surface area contributed by atoms with Crippen molar-refractivity contribution in [3.63, 3.8) is 0 Å². The van der Waals surface area contributed by atoms with Gasteiger partial charge in [-0.3, -0.25) is 0 Å². The van der Waals surface area contributed by atoms with E-state index in [-0.39, 0.29) is 0 Å². The molecule has 0 aliphatic rings. The molecule has 198 valence electrons. The smallest absolute Gasteiger partial charge is 0.119 e. The molecule has 0 atom stereocenters. The van der Waals surface area contributed by atoms with Crippen molar-refractivity contribution in [3.8, 4) is 5.75 Å². The Morgan fingerprint density at radius 3 is 1.86 bits per heavy atom. The van der Waals surface area contributed by atoms with Crippen LogP contribution in [0, 0.1) is 6.92 Å². The van der Waals surface area contributed by atoms with Crippen molar-refractivity contribution >= 4 is 17.7 Å². The Morgan fingerprint density at radius 2 is 1.49 bits per heavy atom. The summed E-state index contributed by atoms with van der Waals surface area (Å²) in [6, 6.07) is 18.4. The van der Waals surface area contributed by atoms with Crippen LogP contribution in [0.5, 0.6) is 5.75 Å². The first kappa shape index (κ1) is 37.3. The number of ether oxygens (including phenoxy) is 1. The van der Waals surface area contributed by atoms with E-state index in [0.29, 0.717) is 12.5 Å². The van der Waals surface area contributed by atoms with Gasteiger partial charge in [-0.15, -0.1) is 11.6 Å². The van der Waals surface area contributed by atoms with Crippen LogP contribution in [0.2, 0.25) is 0 Å². The van der Waals surface area contributed by atoms with Crippen molar-refractivity contribution < 1.29 is 4.74 Å². The summed E-state index contributed by atoms with van der Waals surface area (Å²) in [5, 5.41) is 0. The van der Waals surface area contributed by atoms with Gasteiger partial charge in [0.1, 0.15) is 12.4 Å². The molecule has 0 amide bonds. The quantitative estimate of drug-likeness (QED) is 0.263. The number of nitrogens with zero attached hydrogens (tertiary/aromatic N) is 1. The largest absolute Gasteiger partial charge is 0.492 e. The predicted octanol–water partition coefficient (Wildman–Crippen LogP) is 9.85. The lowest BCUT2D eigenvalue weighted by Gasteiger charge is -2.10. The zero-order valence-electron chi connectivity index (χ0n) is 24.1. The van der Waals surface area contributed by atoms with Crippen LogP contribution >= 0.6 is 11.6 Å². The molecule has 0 spiro atoms. The number of aryl methyl sites for hydroxylation is 1. The Kier molecular flexibility index (Phi) is 31.7. The number of alkyl halides is 1. The van der Waals surface area contributed by atoms with E-state index in [1.807, 2.05) is 91.2 Å². The fourth-order valence-electron chi connectivity index (χ4n) is 2.13. The van der Waals surface area contributed by atoms with Crippen molar-refractivity contribution in [2.45, 2.75) is 61.8 Å². The van der Waals surface area contributed by atoms with Crippen molar-refractivity contribution in [1.82, 2.24) is 4.90 Å². The van der Waals surface area contributed by atoms with Gasteiger partial charge in [0.05, 0.1) is 0 Å². The Balaban J connectivity index is -0.000000470. The third-order valence-electron chi connectivity index (χ3n) is 3.84. The maximum atomic E-state index is 5.61. The molecule has 0 unspecified atom stereocenters. The second-order valence-electron chi connectivity index (χ2n) is 7.53. The molecule has 0 saturated carbocycles. The van der Waals surface area contributed by atoms with E-state index in [4.69, 9.17) is 16.3 Å². The summed E-state index contributed by atoms with van der Waals surface area (Å²) in [7, 11) is 4.07. The molecule has 2 nitrogen and oxygen atoms in total. The maximum Gasteiger partial charge on any atom is 0.119 e. The molecular weight excluding hydrogens is 450 g/mol. The van der Waals surface area contributed by atoms with E-state index in [1.165, 1.54) is 16.7 Å². The third-order valence-corrected chi connectivity index (χ3v) is 4.05. The van der Waals surface area contributed by atoms with Gasteiger partial charge in [0, 0.05) is 12.4 Å². The monoisotopic (exact) mass is 501 g/mol. The highest BCUT2D eigenvalue weighted by molar-refractivity contribution is 6.17. The van der Waals surface area contributed by atoms with Gasteiger partial charge in [0.15, 0.2) is 0 Å². The molecule has 3 heteroatoms. The van der Waals surface area contributed by atoms with E-state index in [2.05, 4.69) is 68.2 Å². The third kappa shape index (κ3) is 29.7. The molecule has 0 heterocycles. The highest BCUT2D eigenvalue weighted by Crippen LogP contribution is 2.13. The van der Waals surface area contributed by atoms with Crippen LogP contribution in [0.3, 0.4) is 0 Å². The average molecular weight is 502 g/mol. The van der Waals surface area contributed by atoms with Crippen LogP contribution in [0.4, 0.5) is 0 Å². The first-order valence-electron chi connectivity index (χ1n) is 12.8. The van der Waals surface area contributed by atoms with Gasteiger partial charge < -0.3 is 9.64 Å². The summed E-state index contributed by atoms with van der Waals surface area (Å²) in [5.41, 5.74) is 3.84. The first-order valence-corrected chi connectivity index (χ1v) is 13.3. The number of rotatable bonds is 8. The number of hydrogen-bond donors (Lipinski definition) is 0.